The van der Waals surface area contributed by atoms with Gasteiger partial charge in [0.2, 0.25) is 10.0 Å². The normalized spacial score (nSPS) is 16.9. The molecule has 0 spiro atoms. The van der Waals surface area contributed by atoms with Crippen molar-refractivity contribution in [2.75, 3.05) is 59.9 Å². The summed E-state index contributed by atoms with van der Waals surface area (Å²) >= 11 is 0. The van der Waals surface area contributed by atoms with Crippen LogP contribution in [-0.2, 0) is 15.8 Å². The van der Waals surface area contributed by atoms with Gasteiger partial charge in [-0.05, 0) is 20.0 Å². The van der Waals surface area contributed by atoms with Gasteiger partial charge in [0.1, 0.15) is 12.0 Å². The molecule has 1 N–H and O–H groups in total. The molecule has 9 nitrogen and oxygen atoms in total. The molecule has 0 radical (unpaired) electrons. The van der Waals surface area contributed by atoms with Crippen LogP contribution in [-0.4, -0.2) is 93.5 Å². The molecule has 0 amide bonds. The van der Waals surface area contributed by atoms with Crippen molar-refractivity contribution in [1.29, 1.82) is 0 Å². The van der Waals surface area contributed by atoms with Crippen molar-refractivity contribution < 1.29 is 12.9 Å². The molecule has 1 aliphatic rings. The second-order valence-electron chi connectivity index (χ2n) is 6.76. The molecule has 1 fully saturated rings. The van der Waals surface area contributed by atoms with Crippen LogP contribution in [0.4, 0.5) is 0 Å². The largest absolute Gasteiger partial charge is 0.364 e. The summed E-state index contributed by atoms with van der Waals surface area (Å²) < 4.78 is 31.2. The number of aliphatic imine (C=N–C) groups is 1. The zero-order valence-corrected chi connectivity index (χ0v) is 17.4. The van der Waals surface area contributed by atoms with E-state index in [0.717, 1.165) is 25.6 Å². The number of likely N-dealkylation sites (N-methyl/N-ethyl adjacent to an activating group) is 1. The fourth-order valence-corrected chi connectivity index (χ4v) is 4.42. The molecule has 2 heterocycles. The van der Waals surface area contributed by atoms with Crippen molar-refractivity contribution >= 4 is 16.0 Å². The van der Waals surface area contributed by atoms with Crippen molar-refractivity contribution in [1.82, 2.24) is 24.6 Å². The smallest absolute Gasteiger partial charge is 0.220 e. The highest BCUT2D eigenvalue weighted by molar-refractivity contribution is 7.88. The molecule has 10 heteroatoms. The predicted octanol–water partition coefficient (Wildman–Crippen LogP) is 0.429. The van der Waals surface area contributed by atoms with Crippen LogP contribution in [0.15, 0.2) is 21.8 Å². The molecule has 1 aliphatic heterocycles. The van der Waals surface area contributed by atoms with E-state index < -0.39 is 10.0 Å². The average molecular weight is 401 g/mol. The Balaban J connectivity index is 1.77. The van der Waals surface area contributed by atoms with E-state index in [1.165, 1.54) is 23.4 Å². The zero-order valence-electron chi connectivity index (χ0n) is 16.6. The van der Waals surface area contributed by atoms with E-state index in [0.29, 0.717) is 31.9 Å². The Morgan fingerprint density at radius 1 is 1.33 bits per heavy atom. The van der Waals surface area contributed by atoms with Gasteiger partial charge in [0.05, 0.1) is 5.69 Å². The lowest BCUT2D eigenvalue weighted by atomic mass is 10.3. The van der Waals surface area contributed by atoms with E-state index in [2.05, 4.69) is 39.2 Å². The molecule has 1 aromatic heterocycles. The van der Waals surface area contributed by atoms with Gasteiger partial charge in [0, 0.05) is 52.4 Å². The summed E-state index contributed by atoms with van der Waals surface area (Å²) in [6.45, 7) is 7.17. The second kappa shape index (κ2) is 10.6. The van der Waals surface area contributed by atoms with Crippen LogP contribution in [0, 0.1) is 0 Å². The summed E-state index contributed by atoms with van der Waals surface area (Å²) in [4.78, 5) is 8.75. The van der Waals surface area contributed by atoms with Crippen LogP contribution < -0.4 is 5.32 Å². The Bertz CT molecular complexity index is 669. The maximum absolute atomic E-state index is 12.5. The Morgan fingerprint density at radius 2 is 2.07 bits per heavy atom. The number of nitrogens with one attached hydrogen (secondary N) is 1. The number of aromatic nitrogens is 1. The third kappa shape index (κ3) is 6.78. The lowest BCUT2D eigenvalue weighted by Gasteiger charge is -2.35. The molecule has 0 saturated carbocycles. The third-order valence-electron chi connectivity index (χ3n) is 4.63. The van der Waals surface area contributed by atoms with Crippen molar-refractivity contribution in [2.24, 2.45) is 4.99 Å². The molecule has 1 saturated heterocycles. The number of guanidine groups is 1. The van der Waals surface area contributed by atoms with Crippen LogP contribution in [0.5, 0.6) is 0 Å². The van der Waals surface area contributed by atoms with Gasteiger partial charge < -0.3 is 19.6 Å². The van der Waals surface area contributed by atoms with Crippen molar-refractivity contribution in [2.45, 2.75) is 25.5 Å². The number of hydrogen-bond acceptors (Lipinski definition) is 6. The minimum Gasteiger partial charge on any atom is -0.364 e. The van der Waals surface area contributed by atoms with Crippen LogP contribution in [0.3, 0.4) is 0 Å². The quantitative estimate of drug-likeness (QED) is 0.474. The lowest BCUT2D eigenvalue weighted by molar-refractivity contribution is 0.258. The van der Waals surface area contributed by atoms with Gasteiger partial charge >= 0.3 is 0 Å². The van der Waals surface area contributed by atoms with Gasteiger partial charge in [-0.1, -0.05) is 18.5 Å². The maximum Gasteiger partial charge on any atom is 0.220 e. The molecule has 0 aromatic carbocycles. The molecule has 0 unspecified atom stereocenters. The van der Waals surface area contributed by atoms with E-state index >= 15 is 0 Å². The summed E-state index contributed by atoms with van der Waals surface area (Å²) in [6, 6.07) is 1.58. The van der Waals surface area contributed by atoms with E-state index in [9.17, 15) is 8.42 Å². The van der Waals surface area contributed by atoms with Crippen LogP contribution >= 0.6 is 0 Å². The van der Waals surface area contributed by atoms with Crippen LogP contribution in [0.2, 0.25) is 0 Å². The molecule has 1 aromatic rings. The minimum atomic E-state index is -3.38. The van der Waals surface area contributed by atoms with E-state index in [4.69, 9.17) is 4.52 Å². The highest BCUT2D eigenvalue weighted by Crippen LogP contribution is 2.12. The fraction of sp³-hybridized carbons (Fsp3) is 0.765. The minimum absolute atomic E-state index is 0.124. The van der Waals surface area contributed by atoms with Crippen molar-refractivity contribution in [3.8, 4) is 0 Å². The van der Waals surface area contributed by atoms with Gasteiger partial charge in [-0.15, -0.1) is 0 Å². The molecular weight excluding hydrogens is 368 g/mol. The molecule has 27 heavy (non-hydrogen) atoms. The number of sulfonamides is 1. The summed E-state index contributed by atoms with van der Waals surface area (Å²) in [5.41, 5.74) is 0.432. The summed E-state index contributed by atoms with van der Waals surface area (Å²) in [5.74, 6) is 0.702. The van der Waals surface area contributed by atoms with Crippen LogP contribution in [0.1, 0.15) is 25.5 Å². The summed E-state index contributed by atoms with van der Waals surface area (Å²) in [5, 5.41) is 7.08. The molecule has 0 bridgehead atoms. The molecule has 0 aliphatic carbocycles. The molecule has 154 valence electrons. The molecule has 0 atom stereocenters. The van der Waals surface area contributed by atoms with Gasteiger partial charge in [-0.25, -0.2) is 8.42 Å². The second-order valence-corrected chi connectivity index (χ2v) is 8.73. The third-order valence-corrected chi connectivity index (χ3v) is 6.45. The van der Waals surface area contributed by atoms with Gasteiger partial charge in [-0.2, -0.15) is 4.31 Å². The average Bonchev–Trinajstić information content (AvgIpc) is 3.16. The fourth-order valence-electron chi connectivity index (χ4n) is 3.00. The number of nitrogens with zero attached hydrogens (tertiary/aromatic N) is 5. The highest BCUT2D eigenvalue weighted by atomic mass is 32.2. The highest BCUT2D eigenvalue weighted by Gasteiger charge is 2.28. The Labute approximate surface area is 162 Å². The first kappa shape index (κ1) is 21.6. The zero-order chi connectivity index (χ0) is 19.7. The van der Waals surface area contributed by atoms with E-state index in [1.807, 2.05) is 0 Å². The predicted molar refractivity (Wildman–Crippen MR) is 106 cm³/mol. The number of unbranched alkanes of at least 4 members (excludes halogenated alkanes) is 1. The molecule has 2 rings (SSSR count). The SMILES string of the molecule is CCCCN(C)CCNC(=NC)N1CCN(S(=O)(=O)Cc2ccon2)CC1. The molecular formula is C17H32N6O3S. The Hall–Kier alpha value is -1.65. The first-order valence-electron chi connectivity index (χ1n) is 9.47. The van der Waals surface area contributed by atoms with Gasteiger partial charge in [-0.3, -0.25) is 4.99 Å². The number of piperazine rings is 1. The summed E-state index contributed by atoms with van der Waals surface area (Å²) in [6.07, 6.45) is 3.79. The van der Waals surface area contributed by atoms with Gasteiger partial charge in [0.15, 0.2) is 5.96 Å². The Morgan fingerprint density at radius 3 is 2.67 bits per heavy atom. The summed E-state index contributed by atoms with van der Waals surface area (Å²) in [7, 11) is 0.502. The lowest BCUT2D eigenvalue weighted by Crippen LogP contribution is -2.54. The first-order valence-corrected chi connectivity index (χ1v) is 11.1. The van der Waals surface area contributed by atoms with Gasteiger partial charge in [0.25, 0.3) is 0 Å². The number of hydrogen-bond donors (Lipinski definition) is 1. The van der Waals surface area contributed by atoms with E-state index in [1.54, 1.807) is 13.1 Å². The number of rotatable bonds is 9. The topological polar surface area (TPSA) is 94.3 Å². The monoisotopic (exact) mass is 400 g/mol. The maximum atomic E-state index is 12.5. The Kier molecular flexibility index (Phi) is 8.52. The first-order chi connectivity index (χ1) is 13.0. The van der Waals surface area contributed by atoms with E-state index in [-0.39, 0.29) is 5.75 Å². The van der Waals surface area contributed by atoms with Crippen molar-refractivity contribution in [3.63, 3.8) is 0 Å². The van der Waals surface area contributed by atoms with Crippen LogP contribution in [0.25, 0.3) is 0 Å². The standard InChI is InChI=1S/C17H32N6O3S/c1-4-5-8-21(3)9-7-19-17(18-2)22-10-12-23(13-11-22)27(24,25)15-16-6-14-26-20-16/h6,14H,4-5,7-13,15H2,1-3H3,(H,18,19). The van der Waals surface area contributed by atoms with Crippen molar-refractivity contribution in [3.05, 3.63) is 18.0 Å².